The molecule has 2 aliphatic rings. The minimum atomic E-state index is -3.85. The number of hydrogen-bond donors (Lipinski definition) is 0. The molecule has 0 saturated carbocycles. The van der Waals surface area contributed by atoms with Crippen molar-refractivity contribution in [1.82, 2.24) is 0 Å². The van der Waals surface area contributed by atoms with E-state index in [-0.39, 0.29) is 6.25 Å². The fourth-order valence-electron chi connectivity index (χ4n) is 7.15. The molecule has 0 bridgehead atoms. The van der Waals surface area contributed by atoms with Gasteiger partial charge in [0.15, 0.2) is 0 Å². The quantitative estimate of drug-likeness (QED) is 0.337. The number of aryl methyl sites for hydroxylation is 2. The Bertz CT molecular complexity index is 1160. The second-order valence-electron chi connectivity index (χ2n) is 11.9. The molecule has 0 amide bonds. The zero-order chi connectivity index (χ0) is 22.1. The van der Waals surface area contributed by atoms with E-state index in [9.17, 15) is 0 Å². The Morgan fingerprint density at radius 2 is 1.50 bits per heavy atom. The molecule has 4 rings (SSSR count). The topological polar surface area (TPSA) is 0 Å². The van der Waals surface area contributed by atoms with Crippen molar-refractivity contribution >= 4 is 10.2 Å². The summed E-state index contributed by atoms with van der Waals surface area (Å²) in [5, 5.41) is 0. The van der Waals surface area contributed by atoms with Crippen LogP contribution in [-0.2, 0) is 23.8 Å². The molecule has 0 unspecified atom stereocenters. The predicted molar refractivity (Wildman–Crippen MR) is 134 cm³/mol. The monoisotopic (exact) mass is 492 g/mol. The Labute approximate surface area is 186 Å². The van der Waals surface area contributed by atoms with Crippen LogP contribution in [0.3, 0.4) is 0 Å². The van der Waals surface area contributed by atoms with Crippen LogP contribution in [-0.4, -0.2) is 6.88 Å². The number of fused-ring (bicyclic) bond motifs is 3. The first kappa shape index (κ1) is 22.2. The molecule has 2 aliphatic carbocycles. The molecule has 0 fully saturated rings. The molecular weight excluding hydrogens is 456 g/mol. The molecule has 0 N–H and O–H groups in total. The number of benzene rings is 2. The summed E-state index contributed by atoms with van der Waals surface area (Å²) in [6.07, 6.45) is 9.46. The molecule has 0 aromatic heterocycles. The van der Waals surface area contributed by atoms with Gasteiger partial charge in [0, 0.05) is 0 Å². The van der Waals surface area contributed by atoms with Gasteiger partial charge in [-0.3, -0.25) is 0 Å². The maximum absolute atomic E-state index is 3.85. The minimum absolute atomic E-state index is 0.250. The first-order valence-electron chi connectivity index (χ1n) is 11.4. The van der Waals surface area contributed by atoms with E-state index in [4.69, 9.17) is 0 Å². The van der Waals surface area contributed by atoms with Crippen LogP contribution in [0.4, 0.5) is 0 Å². The van der Waals surface area contributed by atoms with Crippen molar-refractivity contribution in [3.05, 3.63) is 74.1 Å². The van der Waals surface area contributed by atoms with Crippen LogP contribution in [0.5, 0.6) is 0 Å². The predicted octanol–water partition coefficient (Wildman–Crippen LogP) is 7.02. The summed E-state index contributed by atoms with van der Waals surface area (Å²) in [7, 11) is 0. The van der Waals surface area contributed by atoms with E-state index in [0.717, 1.165) is 12.8 Å². The van der Waals surface area contributed by atoms with Gasteiger partial charge in [0.1, 0.15) is 0 Å². The number of rotatable bonds is 2. The standard InChI is InChI=1S/C15H13.C5H5.2C4H9.H2Si.Zr/c1-10-3-5-14-12(7-10)9-13-8-11(2)4-6-15(13)14;1-2-4-5-3-1;2*1-4(2)3;;/h3-7H,9H2,1-2H3;1-3H,4H2;2*1-3H3;1H2;. The normalized spacial score (nSPS) is 16.5. The molecule has 158 valence electrons. The van der Waals surface area contributed by atoms with E-state index < -0.39 is 17.4 Å². The molecule has 2 heteroatoms. The summed E-state index contributed by atoms with van der Waals surface area (Å²) in [5.74, 6) is 0. The second-order valence-corrected chi connectivity index (χ2v) is 37.6. The SMILES string of the molecule is Cc1ccc2c(c1)Cc1c-2ccc(C)[c]1[Zr](=[SiH2])([C]1=CC=CC1)([C](C)(C)C)[C](C)(C)C. The average Bonchev–Trinajstić information content (AvgIpc) is 3.26. The van der Waals surface area contributed by atoms with Crippen LogP contribution < -0.4 is 3.27 Å². The summed E-state index contributed by atoms with van der Waals surface area (Å²) in [6.45, 7) is 22.4. The fourth-order valence-corrected chi connectivity index (χ4v) is 33.4. The van der Waals surface area contributed by atoms with E-state index in [0.29, 0.717) is 0 Å². The third kappa shape index (κ3) is 2.59. The van der Waals surface area contributed by atoms with Crippen LogP contribution in [0.1, 0.15) is 70.2 Å². The third-order valence-corrected chi connectivity index (χ3v) is 51.2. The van der Waals surface area contributed by atoms with Crippen LogP contribution in [0.15, 0.2) is 51.8 Å². The van der Waals surface area contributed by atoms with Crippen LogP contribution in [0, 0.1) is 13.8 Å². The van der Waals surface area contributed by atoms with Crippen LogP contribution >= 0.6 is 0 Å². The molecule has 0 atom stereocenters. The van der Waals surface area contributed by atoms with Gasteiger partial charge in [-0.15, -0.1) is 0 Å². The van der Waals surface area contributed by atoms with E-state index in [1.165, 1.54) is 27.8 Å². The zero-order valence-electron chi connectivity index (χ0n) is 20.2. The van der Waals surface area contributed by atoms with Crippen molar-refractivity contribution in [3.8, 4) is 11.1 Å². The van der Waals surface area contributed by atoms with E-state index in [1.807, 2.05) is 0 Å². The summed E-state index contributed by atoms with van der Waals surface area (Å²) < 4.78 is 4.07. The van der Waals surface area contributed by atoms with Crippen molar-refractivity contribution in [3.63, 3.8) is 0 Å². The first-order chi connectivity index (χ1) is 13.8. The second kappa shape index (κ2) is 6.76. The van der Waals surface area contributed by atoms with E-state index in [2.05, 4.69) is 111 Å². The van der Waals surface area contributed by atoms with Crippen molar-refractivity contribution in [1.29, 1.82) is 0 Å². The molecule has 0 heterocycles. The molecule has 0 radical (unpaired) electrons. The Balaban J connectivity index is 2.18. The van der Waals surface area contributed by atoms with Gasteiger partial charge in [-0.25, -0.2) is 0 Å². The Kier molecular flexibility index (Phi) is 5.01. The molecule has 0 aliphatic heterocycles. The van der Waals surface area contributed by atoms with Gasteiger partial charge < -0.3 is 0 Å². The van der Waals surface area contributed by atoms with Gasteiger partial charge in [-0.05, 0) is 0 Å². The van der Waals surface area contributed by atoms with Crippen molar-refractivity contribution in [2.24, 2.45) is 0 Å². The Morgan fingerprint density at radius 1 is 0.867 bits per heavy atom. The Hall–Kier alpha value is -0.980. The summed E-state index contributed by atoms with van der Waals surface area (Å²) in [6, 6.07) is 11.9. The van der Waals surface area contributed by atoms with E-state index >= 15 is 0 Å². The van der Waals surface area contributed by atoms with Gasteiger partial charge >= 0.3 is 187 Å². The van der Waals surface area contributed by atoms with Gasteiger partial charge in [0.25, 0.3) is 0 Å². The van der Waals surface area contributed by atoms with Gasteiger partial charge in [-0.1, -0.05) is 0 Å². The summed E-state index contributed by atoms with van der Waals surface area (Å²) in [4.78, 5) is 0. The average molecular weight is 494 g/mol. The molecular formula is C28H38SiZr. The third-order valence-electron chi connectivity index (χ3n) is 8.78. The van der Waals surface area contributed by atoms with Gasteiger partial charge in [-0.2, -0.15) is 0 Å². The van der Waals surface area contributed by atoms with Crippen molar-refractivity contribution < 1.29 is 17.4 Å². The maximum atomic E-state index is 2.56. The van der Waals surface area contributed by atoms with Crippen LogP contribution in [0.25, 0.3) is 11.1 Å². The molecule has 0 saturated heterocycles. The fraction of sp³-hybridized carbons (Fsp3) is 0.429. The number of allylic oxidation sites excluding steroid dienone is 4. The zero-order valence-corrected chi connectivity index (χ0v) is 24.1. The molecule has 2 aromatic rings. The molecule has 0 nitrogen and oxygen atoms in total. The molecule has 2 aromatic carbocycles. The first-order valence-corrected chi connectivity index (χ1v) is 22.3. The summed E-state index contributed by atoms with van der Waals surface area (Å²) in [5.41, 5.74) is 9.02. The molecule has 0 spiro atoms. The number of hydrogen-bond acceptors (Lipinski definition) is 0. The Morgan fingerprint density at radius 3 is 2.07 bits per heavy atom. The van der Waals surface area contributed by atoms with E-state index in [1.54, 1.807) is 12.1 Å². The summed E-state index contributed by atoms with van der Waals surface area (Å²) >= 11 is -3.85. The van der Waals surface area contributed by atoms with Crippen molar-refractivity contribution in [2.75, 3.05) is 0 Å². The van der Waals surface area contributed by atoms with Gasteiger partial charge in [0.2, 0.25) is 0 Å². The van der Waals surface area contributed by atoms with Crippen LogP contribution in [0.2, 0.25) is 6.25 Å². The molecule has 30 heavy (non-hydrogen) atoms. The van der Waals surface area contributed by atoms with Gasteiger partial charge in [0.05, 0.1) is 0 Å². The van der Waals surface area contributed by atoms with Crippen molar-refractivity contribution in [2.45, 2.75) is 74.5 Å².